The number of hydrogen-bond donors (Lipinski definition) is 1. The van der Waals surface area contributed by atoms with Crippen LogP contribution in [0.15, 0.2) is 12.3 Å². The van der Waals surface area contributed by atoms with Crippen LogP contribution in [0.4, 0.5) is 10.2 Å². The van der Waals surface area contributed by atoms with Gasteiger partial charge in [-0.1, -0.05) is 20.8 Å². The van der Waals surface area contributed by atoms with E-state index in [1.165, 1.54) is 6.20 Å². The van der Waals surface area contributed by atoms with Crippen molar-refractivity contribution in [3.8, 4) is 0 Å². The molecule has 1 N–H and O–H groups in total. The highest BCUT2D eigenvalue weighted by atomic mass is 19.1. The molecular formula is C16H28FN3. The Bertz CT molecular complexity index is 405. The first-order valence-electron chi connectivity index (χ1n) is 7.57. The van der Waals surface area contributed by atoms with Gasteiger partial charge in [-0.2, -0.15) is 0 Å². The van der Waals surface area contributed by atoms with Crippen LogP contribution in [0.5, 0.6) is 0 Å². The summed E-state index contributed by atoms with van der Waals surface area (Å²) >= 11 is 0. The molecule has 0 saturated heterocycles. The molecule has 0 amide bonds. The predicted molar refractivity (Wildman–Crippen MR) is 83.5 cm³/mol. The molecule has 0 aliphatic carbocycles. The summed E-state index contributed by atoms with van der Waals surface area (Å²) in [6.45, 7) is 13.3. The second-order valence-electron chi connectivity index (χ2n) is 5.95. The summed E-state index contributed by atoms with van der Waals surface area (Å²) < 4.78 is 13.5. The van der Waals surface area contributed by atoms with Crippen molar-refractivity contribution < 1.29 is 4.39 Å². The molecule has 114 valence electrons. The largest absolute Gasteiger partial charge is 0.354 e. The van der Waals surface area contributed by atoms with Crippen LogP contribution in [-0.4, -0.2) is 24.1 Å². The van der Waals surface area contributed by atoms with Gasteiger partial charge < -0.3 is 10.2 Å². The Balaban J connectivity index is 2.99. The molecule has 3 nitrogen and oxygen atoms in total. The van der Waals surface area contributed by atoms with E-state index in [2.05, 4.69) is 49.8 Å². The number of pyridine rings is 1. The fourth-order valence-electron chi connectivity index (χ4n) is 2.20. The van der Waals surface area contributed by atoms with E-state index in [0.717, 1.165) is 30.9 Å². The quantitative estimate of drug-likeness (QED) is 0.738. The van der Waals surface area contributed by atoms with Gasteiger partial charge in [0, 0.05) is 24.7 Å². The molecule has 1 aromatic heterocycles. The first-order valence-corrected chi connectivity index (χ1v) is 7.57. The van der Waals surface area contributed by atoms with Gasteiger partial charge in [0.2, 0.25) is 0 Å². The molecule has 0 radical (unpaired) electrons. The summed E-state index contributed by atoms with van der Waals surface area (Å²) in [5.74, 6) is 1.18. The second-order valence-corrected chi connectivity index (χ2v) is 5.95. The average molecular weight is 281 g/mol. The number of halogens is 1. The summed E-state index contributed by atoms with van der Waals surface area (Å²) in [5, 5.41) is 3.33. The SMILES string of the molecule is CCCNCc1cc(F)cnc1N(CC(C)C)C(C)C. The minimum Gasteiger partial charge on any atom is -0.354 e. The van der Waals surface area contributed by atoms with Crippen molar-refractivity contribution in [2.24, 2.45) is 5.92 Å². The molecule has 20 heavy (non-hydrogen) atoms. The van der Waals surface area contributed by atoms with E-state index in [9.17, 15) is 4.39 Å². The number of hydrogen-bond acceptors (Lipinski definition) is 3. The van der Waals surface area contributed by atoms with Gasteiger partial charge >= 0.3 is 0 Å². The Labute approximate surface area is 122 Å². The lowest BCUT2D eigenvalue weighted by atomic mass is 10.1. The maximum Gasteiger partial charge on any atom is 0.141 e. The third kappa shape index (κ3) is 5.08. The zero-order chi connectivity index (χ0) is 15.1. The Morgan fingerprint density at radius 1 is 1.30 bits per heavy atom. The molecule has 0 spiro atoms. The third-order valence-electron chi connectivity index (χ3n) is 3.11. The summed E-state index contributed by atoms with van der Waals surface area (Å²) in [4.78, 5) is 6.60. The van der Waals surface area contributed by atoms with Crippen LogP contribution in [0.1, 0.15) is 46.6 Å². The fraction of sp³-hybridized carbons (Fsp3) is 0.688. The van der Waals surface area contributed by atoms with E-state index in [0.29, 0.717) is 18.5 Å². The van der Waals surface area contributed by atoms with Crippen molar-refractivity contribution in [3.05, 3.63) is 23.6 Å². The molecule has 1 rings (SSSR count). The first-order chi connectivity index (χ1) is 9.45. The maximum absolute atomic E-state index is 13.5. The molecule has 4 heteroatoms. The molecule has 1 heterocycles. The topological polar surface area (TPSA) is 28.2 Å². The van der Waals surface area contributed by atoms with Gasteiger partial charge in [-0.05, 0) is 38.8 Å². The van der Waals surface area contributed by atoms with Gasteiger partial charge in [0.15, 0.2) is 0 Å². The lowest BCUT2D eigenvalue weighted by Crippen LogP contribution is -2.36. The van der Waals surface area contributed by atoms with Crippen LogP contribution < -0.4 is 10.2 Å². The highest BCUT2D eigenvalue weighted by Crippen LogP contribution is 2.22. The van der Waals surface area contributed by atoms with E-state index in [1.807, 2.05) is 0 Å². The van der Waals surface area contributed by atoms with Gasteiger partial charge in [-0.3, -0.25) is 0 Å². The van der Waals surface area contributed by atoms with E-state index in [4.69, 9.17) is 0 Å². The molecule has 0 fully saturated rings. The average Bonchev–Trinajstić information content (AvgIpc) is 2.36. The summed E-state index contributed by atoms with van der Waals surface area (Å²) in [5.41, 5.74) is 0.938. The zero-order valence-corrected chi connectivity index (χ0v) is 13.4. The fourth-order valence-corrected chi connectivity index (χ4v) is 2.20. The molecule has 0 aliphatic rings. The highest BCUT2D eigenvalue weighted by Gasteiger charge is 2.17. The Morgan fingerprint density at radius 2 is 2.00 bits per heavy atom. The van der Waals surface area contributed by atoms with Crippen molar-refractivity contribution >= 4 is 5.82 Å². The van der Waals surface area contributed by atoms with Crippen LogP contribution >= 0.6 is 0 Å². The van der Waals surface area contributed by atoms with E-state index in [1.54, 1.807) is 6.07 Å². The minimum absolute atomic E-state index is 0.268. The normalized spacial score (nSPS) is 11.4. The molecule has 0 saturated carbocycles. The first kappa shape index (κ1) is 16.9. The van der Waals surface area contributed by atoms with Crippen LogP contribution in [0.25, 0.3) is 0 Å². The Hall–Kier alpha value is -1.16. The van der Waals surface area contributed by atoms with E-state index >= 15 is 0 Å². The van der Waals surface area contributed by atoms with E-state index < -0.39 is 0 Å². The molecule has 0 atom stereocenters. The van der Waals surface area contributed by atoms with Gasteiger partial charge in [-0.25, -0.2) is 9.37 Å². The van der Waals surface area contributed by atoms with Gasteiger partial charge in [0.25, 0.3) is 0 Å². The van der Waals surface area contributed by atoms with Crippen molar-refractivity contribution in [2.75, 3.05) is 18.0 Å². The van der Waals surface area contributed by atoms with Gasteiger partial charge in [-0.15, -0.1) is 0 Å². The third-order valence-corrected chi connectivity index (χ3v) is 3.11. The monoisotopic (exact) mass is 281 g/mol. The molecular weight excluding hydrogens is 253 g/mol. The highest BCUT2D eigenvalue weighted by molar-refractivity contribution is 5.47. The van der Waals surface area contributed by atoms with Crippen LogP contribution in [0.2, 0.25) is 0 Å². The van der Waals surface area contributed by atoms with Crippen LogP contribution in [0.3, 0.4) is 0 Å². The maximum atomic E-state index is 13.5. The predicted octanol–water partition coefficient (Wildman–Crippen LogP) is 3.59. The number of aromatic nitrogens is 1. The summed E-state index contributed by atoms with van der Waals surface area (Å²) in [6.07, 6.45) is 2.38. The number of nitrogens with one attached hydrogen (secondary N) is 1. The molecule has 1 aromatic rings. The molecule has 0 bridgehead atoms. The zero-order valence-electron chi connectivity index (χ0n) is 13.4. The van der Waals surface area contributed by atoms with Crippen LogP contribution in [-0.2, 0) is 6.54 Å². The van der Waals surface area contributed by atoms with E-state index in [-0.39, 0.29) is 5.82 Å². The second kappa shape index (κ2) is 8.20. The Kier molecular flexibility index (Phi) is 6.93. The van der Waals surface area contributed by atoms with Crippen LogP contribution in [0, 0.1) is 11.7 Å². The minimum atomic E-state index is -0.268. The number of anilines is 1. The van der Waals surface area contributed by atoms with Gasteiger partial charge in [0.1, 0.15) is 11.6 Å². The van der Waals surface area contributed by atoms with Crippen molar-refractivity contribution in [1.29, 1.82) is 0 Å². The molecule has 0 aromatic carbocycles. The van der Waals surface area contributed by atoms with Gasteiger partial charge in [0.05, 0.1) is 6.20 Å². The van der Waals surface area contributed by atoms with Crippen molar-refractivity contribution in [1.82, 2.24) is 10.3 Å². The Morgan fingerprint density at radius 3 is 2.55 bits per heavy atom. The molecule has 0 unspecified atom stereocenters. The summed E-state index contributed by atoms with van der Waals surface area (Å²) in [7, 11) is 0. The van der Waals surface area contributed by atoms with Crippen molar-refractivity contribution in [3.63, 3.8) is 0 Å². The van der Waals surface area contributed by atoms with Crippen molar-refractivity contribution in [2.45, 2.75) is 53.6 Å². The summed E-state index contributed by atoms with van der Waals surface area (Å²) in [6, 6.07) is 1.95. The number of nitrogens with zero attached hydrogens (tertiary/aromatic N) is 2. The smallest absolute Gasteiger partial charge is 0.141 e. The molecule has 0 aliphatic heterocycles. The lowest BCUT2D eigenvalue weighted by Gasteiger charge is -2.31. The number of rotatable bonds is 8. The lowest BCUT2D eigenvalue weighted by molar-refractivity contribution is 0.557. The standard InChI is InChI=1S/C16H28FN3/c1-6-7-18-9-14-8-15(17)10-19-16(14)20(13(4)5)11-12(2)3/h8,10,12-13,18H,6-7,9,11H2,1-5H3.